The predicted octanol–water partition coefficient (Wildman–Crippen LogP) is 4.86. The molecule has 2 aliphatic rings. The van der Waals surface area contributed by atoms with Gasteiger partial charge in [0.2, 0.25) is 0 Å². The lowest BCUT2D eigenvalue weighted by atomic mass is 9.79. The Labute approximate surface area is 166 Å². The topological polar surface area (TPSA) is 67.6 Å². The van der Waals surface area contributed by atoms with Gasteiger partial charge in [-0.2, -0.15) is 0 Å². The maximum absolute atomic E-state index is 11.3. The molecule has 0 amide bonds. The number of nitrogens with zero attached hydrogens (tertiary/aromatic N) is 2. The van der Waals surface area contributed by atoms with E-state index in [-0.39, 0.29) is 22.2 Å². The SMILES string of the molecule is CCO[C@H]1CC[C@](C)(N2CCC(Nc3cc(Cl)ccc3[N+](=O)[O-])CC2)CC1. The van der Waals surface area contributed by atoms with E-state index in [1.54, 1.807) is 12.1 Å². The Balaban J connectivity index is 1.55. The van der Waals surface area contributed by atoms with Crippen molar-refractivity contribution >= 4 is 23.0 Å². The predicted molar refractivity (Wildman–Crippen MR) is 109 cm³/mol. The third-order valence-corrected chi connectivity index (χ3v) is 6.42. The minimum Gasteiger partial charge on any atom is -0.379 e. The van der Waals surface area contributed by atoms with Crippen molar-refractivity contribution in [3.63, 3.8) is 0 Å². The largest absolute Gasteiger partial charge is 0.379 e. The average molecular weight is 396 g/mol. The number of nitro benzene ring substituents is 1. The van der Waals surface area contributed by atoms with Crippen molar-refractivity contribution in [3.05, 3.63) is 33.3 Å². The van der Waals surface area contributed by atoms with Crippen LogP contribution in [-0.2, 0) is 4.74 Å². The highest BCUT2D eigenvalue weighted by atomic mass is 35.5. The molecular formula is C20H30ClN3O3. The van der Waals surface area contributed by atoms with E-state index in [0.29, 0.717) is 16.8 Å². The summed E-state index contributed by atoms with van der Waals surface area (Å²) >= 11 is 6.04. The van der Waals surface area contributed by atoms with Crippen LogP contribution >= 0.6 is 11.6 Å². The molecule has 27 heavy (non-hydrogen) atoms. The van der Waals surface area contributed by atoms with Crippen LogP contribution in [0.4, 0.5) is 11.4 Å². The fraction of sp³-hybridized carbons (Fsp3) is 0.700. The van der Waals surface area contributed by atoms with E-state index >= 15 is 0 Å². The summed E-state index contributed by atoms with van der Waals surface area (Å²) in [6.07, 6.45) is 7.01. The molecule has 1 aliphatic heterocycles. The van der Waals surface area contributed by atoms with Gasteiger partial charge in [0.25, 0.3) is 5.69 Å². The molecule has 1 saturated carbocycles. The molecule has 3 rings (SSSR count). The summed E-state index contributed by atoms with van der Waals surface area (Å²) in [4.78, 5) is 13.5. The molecule has 6 nitrogen and oxygen atoms in total. The summed E-state index contributed by atoms with van der Waals surface area (Å²) in [6.45, 7) is 7.28. The van der Waals surface area contributed by atoms with Gasteiger partial charge < -0.3 is 10.1 Å². The highest BCUT2D eigenvalue weighted by Crippen LogP contribution is 2.37. The number of hydrogen-bond donors (Lipinski definition) is 1. The zero-order valence-electron chi connectivity index (χ0n) is 16.2. The molecule has 1 aromatic rings. The third-order valence-electron chi connectivity index (χ3n) is 6.19. The Bertz CT molecular complexity index is 654. The molecule has 2 fully saturated rings. The van der Waals surface area contributed by atoms with Crippen LogP contribution in [0.2, 0.25) is 5.02 Å². The molecular weight excluding hydrogens is 366 g/mol. The van der Waals surface area contributed by atoms with Gasteiger partial charge in [0, 0.05) is 42.4 Å². The molecule has 0 atom stereocenters. The standard InChI is InChI=1S/C20H30ClN3O3/c1-3-27-17-6-10-20(2,11-7-17)23-12-8-16(9-13-23)22-18-14-15(21)4-5-19(18)24(25)26/h4-5,14,16-17,22H,3,6-13H2,1-2H3/t17-,20-. The van der Waals surface area contributed by atoms with Gasteiger partial charge in [-0.25, -0.2) is 0 Å². The lowest BCUT2D eigenvalue weighted by Gasteiger charge is -2.48. The molecule has 1 aliphatic carbocycles. The highest BCUT2D eigenvalue weighted by Gasteiger charge is 2.38. The number of benzene rings is 1. The fourth-order valence-corrected chi connectivity index (χ4v) is 4.67. The summed E-state index contributed by atoms with van der Waals surface area (Å²) in [7, 11) is 0. The second-order valence-electron chi connectivity index (χ2n) is 7.98. The lowest BCUT2D eigenvalue weighted by molar-refractivity contribution is -0.384. The maximum atomic E-state index is 11.3. The Morgan fingerprint density at radius 3 is 2.56 bits per heavy atom. The summed E-state index contributed by atoms with van der Waals surface area (Å²) in [5, 5.41) is 15.1. The van der Waals surface area contributed by atoms with E-state index in [4.69, 9.17) is 16.3 Å². The summed E-state index contributed by atoms with van der Waals surface area (Å²) in [5.41, 5.74) is 0.859. The van der Waals surface area contributed by atoms with Gasteiger partial charge >= 0.3 is 0 Å². The van der Waals surface area contributed by atoms with E-state index < -0.39 is 0 Å². The average Bonchev–Trinajstić information content (AvgIpc) is 2.64. The monoisotopic (exact) mass is 395 g/mol. The van der Waals surface area contributed by atoms with Crippen LogP contribution in [0, 0.1) is 10.1 Å². The van der Waals surface area contributed by atoms with Gasteiger partial charge in [-0.3, -0.25) is 15.0 Å². The third kappa shape index (κ3) is 4.92. The number of rotatable bonds is 6. The van der Waals surface area contributed by atoms with Gasteiger partial charge in [-0.15, -0.1) is 0 Å². The van der Waals surface area contributed by atoms with Crippen LogP contribution in [0.5, 0.6) is 0 Å². The number of piperidine rings is 1. The quantitative estimate of drug-likeness (QED) is 0.550. The zero-order chi connectivity index (χ0) is 19.4. The van der Waals surface area contributed by atoms with Gasteiger partial charge in [0.1, 0.15) is 5.69 Å². The van der Waals surface area contributed by atoms with Crippen LogP contribution in [0.15, 0.2) is 18.2 Å². The van der Waals surface area contributed by atoms with Crippen molar-refractivity contribution in [1.82, 2.24) is 4.90 Å². The molecule has 1 heterocycles. The van der Waals surface area contributed by atoms with Crippen LogP contribution < -0.4 is 5.32 Å². The number of hydrogen-bond acceptors (Lipinski definition) is 5. The van der Waals surface area contributed by atoms with Crippen LogP contribution in [-0.4, -0.2) is 47.2 Å². The molecule has 1 N–H and O–H groups in total. The summed E-state index contributed by atoms with van der Waals surface area (Å²) in [5.74, 6) is 0. The van der Waals surface area contributed by atoms with Gasteiger partial charge in [0.15, 0.2) is 0 Å². The van der Waals surface area contributed by atoms with E-state index in [1.165, 1.54) is 18.9 Å². The molecule has 1 saturated heterocycles. The van der Waals surface area contributed by atoms with Gasteiger partial charge in [-0.1, -0.05) is 11.6 Å². The second-order valence-corrected chi connectivity index (χ2v) is 8.41. The van der Waals surface area contributed by atoms with Crippen molar-refractivity contribution < 1.29 is 9.66 Å². The fourth-order valence-electron chi connectivity index (χ4n) is 4.50. The van der Waals surface area contributed by atoms with Crippen LogP contribution in [0.1, 0.15) is 52.4 Å². The van der Waals surface area contributed by atoms with Crippen molar-refractivity contribution in [3.8, 4) is 0 Å². The smallest absolute Gasteiger partial charge is 0.292 e. The van der Waals surface area contributed by atoms with Gasteiger partial charge in [0.05, 0.1) is 11.0 Å². The Kier molecular flexibility index (Phi) is 6.61. The minimum atomic E-state index is -0.356. The number of anilines is 1. The number of likely N-dealkylation sites (tertiary alicyclic amines) is 1. The number of ether oxygens (including phenoxy) is 1. The molecule has 0 unspecified atom stereocenters. The molecule has 0 spiro atoms. The highest BCUT2D eigenvalue weighted by molar-refractivity contribution is 6.31. The second kappa shape index (κ2) is 8.76. The van der Waals surface area contributed by atoms with E-state index in [1.807, 2.05) is 0 Å². The van der Waals surface area contributed by atoms with Crippen molar-refractivity contribution in [1.29, 1.82) is 0 Å². The first kappa shape index (κ1) is 20.4. The van der Waals surface area contributed by atoms with Crippen LogP contribution in [0.3, 0.4) is 0 Å². The Morgan fingerprint density at radius 2 is 1.96 bits per heavy atom. The van der Waals surface area contributed by atoms with Crippen molar-refractivity contribution in [2.24, 2.45) is 0 Å². The molecule has 0 aromatic heterocycles. The molecule has 0 bridgehead atoms. The van der Waals surface area contributed by atoms with Crippen LogP contribution in [0.25, 0.3) is 0 Å². The number of nitro groups is 1. The van der Waals surface area contributed by atoms with Crippen molar-refractivity contribution in [2.75, 3.05) is 25.0 Å². The van der Waals surface area contributed by atoms with E-state index in [9.17, 15) is 10.1 Å². The van der Waals surface area contributed by atoms with E-state index in [2.05, 4.69) is 24.1 Å². The van der Waals surface area contributed by atoms with Crippen molar-refractivity contribution in [2.45, 2.75) is 70.1 Å². The Hall–Kier alpha value is -1.37. The van der Waals surface area contributed by atoms with E-state index in [0.717, 1.165) is 45.4 Å². The first-order chi connectivity index (χ1) is 12.9. The number of halogens is 1. The number of nitrogens with one attached hydrogen (secondary N) is 1. The zero-order valence-corrected chi connectivity index (χ0v) is 17.0. The normalized spacial score (nSPS) is 27.4. The first-order valence-corrected chi connectivity index (χ1v) is 10.4. The lowest BCUT2D eigenvalue weighted by Crippen LogP contribution is -2.53. The molecule has 150 valence electrons. The molecule has 1 aromatic carbocycles. The Morgan fingerprint density at radius 1 is 1.30 bits per heavy atom. The maximum Gasteiger partial charge on any atom is 0.292 e. The minimum absolute atomic E-state index is 0.0861. The molecule has 7 heteroatoms. The van der Waals surface area contributed by atoms with Gasteiger partial charge in [-0.05, 0) is 64.5 Å². The summed E-state index contributed by atoms with van der Waals surface area (Å²) < 4.78 is 5.79. The molecule has 0 radical (unpaired) electrons. The first-order valence-electron chi connectivity index (χ1n) is 9.98. The summed E-state index contributed by atoms with van der Waals surface area (Å²) in [6, 6.07) is 4.93.